The fourth-order valence-electron chi connectivity index (χ4n) is 4.67. The van der Waals surface area contributed by atoms with Gasteiger partial charge in [-0.3, -0.25) is 4.79 Å². The summed E-state index contributed by atoms with van der Waals surface area (Å²) in [7, 11) is 0. The first kappa shape index (κ1) is 21.9. The Kier molecular flexibility index (Phi) is 6.15. The first-order chi connectivity index (χ1) is 14.8. The molecule has 2 aromatic carbocycles. The number of carbonyl (C=O) groups is 1. The van der Waals surface area contributed by atoms with Crippen LogP contribution in [-0.4, -0.2) is 47.2 Å². The molecular weight excluding hydrogens is 395 g/mol. The van der Waals surface area contributed by atoms with Gasteiger partial charge in [0.1, 0.15) is 5.82 Å². The van der Waals surface area contributed by atoms with Gasteiger partial charge in [0.15, 0.2) is 0 Å². The monoisotopic (exact) mass is 426 g/mol. The number of aliphatic hydroxyl groups excluding tert-OH is 1. The van der Waals surface area contributed by atoms with Crippen molar-refractivity contribution < 1.29 is 19.4 Å². The van der Waals surface area contributed by atoms with Crippen molar-refractivity contribution in [1.29, 1.82) is 0 Å². The number of halogens is 1. The highest BCUT2D eigenvalue weighted by molar-refractivity contribution is 5.96. The van der Waals surface area contributed by atoms with Crippen LogP contribution in [0, 0.1) is 11.7 Å². The quantitative estimate of drug-likeness (QED) is 0.769. The lowest BCUT2D eigenvalue weighted by atomic mass is 9.84. The maximum absolute atomic E-state index is 13.2. The van der Waals surface area contributed by atoms with Crippen LogP contribution in [0.25, 0.3) is 0 Å². The van der Waals surface area contributed by atoms with Crippen molar-refractivity contribution >= 4 is 11.6 Å². The zero-order valence-corrected chi connectivity index (χ0v) is 18.2. The van der Waals surface area contributed by atoms with Crippen molar-refractivity contribution in [1.82, 2.24) is 4.90 Å². The van der Waals surface area contributed by atoms with Crippen molar-refractivity contribution in [2.24, 2.45) is 5.92 Å². The molecule has 2 heterocycles. The molecule has 0 spiro atoms. The summed E-state index contributed by atoms with van der Waals surface area (Å²) in [6.45, 7) is 6.33. The van der Waals surface area contributed by atoms with Gasteiger partial charge in [-0.2, -0.15) is 0 Å². The van der Waals surface area contributed by atoms with E-state index in [1.54, 1.807) is 12.1 Å². The molecule has 1 amide bonds. The maximum atomic E-state index is 13.2. The summed E-state index contributed by atoms with van der Waals surface area (Å²) < 4.78 is 13.2. The average Bonchev–Trinajstić information content (AvgIpc) is 3.18. The molecule has 166 valence electrons. The first-order valence-electron chi connectivity index (χ1n) is 11.1. The van der Waals surface area contributed by atoms with E-state index in [4.69, 9.17) is 0 Å². The van der Waals surface area contributed by atoms with Crippen LogP contribution in [0.1, 0.15) is 49.5 Å². The van der Waals surface area contributed by atoms with Crippen LogP contribution in [0.4, 0.5) is 10.1 Å². The van der Waals surface area contributed by atoms with Gasteiger partial charge in [-0.1, -0.05) is 38.1 Å². The molecule has 31 heavy (non-hydrogen) atoms. The van der Waals surface area contributed by atoms with Crippen molar-refractivity contribution in [3.05, 3.63) is 65.0 Å². The smallest absolute Gasteiger partial charge is 0.229 e. The van der Waals surface area contributed by atoms with Gasteiger partial charge in [0.2, 0.25) is 5.91 Å². The van der Waals surface area contributed by atoms with Gasteiger partial charge < -0.3 is 20.0 Å². The van der Waals surface area contributed by atoms with E-state index in [0.29, 0.717) is 39.0 Å². The maximum Gasteiger partial charge on any atom is 0.229 e. The minimum absolute atomic E-state index is 0.0381. The van der Waals surface area contributed by atoms with Crippen LogP contribution < -0.4 is 4.90 Å². The number of anilines is 1. The van der Waals surface area contributed by atoms with E-state index in [2.05, 4.69) is 4.90 Å². The Labute approximate surface area is 183 Å². The average molecular weight is 427 g/mol. The van der Waals surface area contributed by atoms with E-state index < -0.39 is 11.7 Å². The molecule has 2 N–H and O–H groups in total. The Balaban J connectivity index is 1.37. The minimum Gasteiger partial charge on any atom is -0.387 e. The largest absolute Gasteiger partial charge is 0.387 e. The second-order valence-electron chi connectivity index (χ2n) is 9.14. The topological polar surface area (TPSA) is 64.0 Å². The van der Waals surface area contributed by atoms with Crippen molar-refractivity contribution in [3.63, 3.8) is 0 Å². The van der Waals surface area contributed by atoms with Crippen LogP contribution in [0.2, 0.25) is 0 Å². The third-order valence-corrected chi connectivity index (χ3v) is 6.64. The third kappa shape index (κ3) is 4.52. The standard InChI is InChI=1S/C25H31FN2O3/c1-17(2)24(30)28-12-9-18-15-19(3-8-22(18)28)23(29)16-27-13-10-25(31,11-14-27)20-4-6-21(26)7-5-20/h3-8,15,17,23,29,31H,9-14,16H2,1-2H3. The fourth-order valence-corrected chi connectivity index (χ4v) is 4.67. The van der Waals surface area contributed by atoms with Gasteiger partial charge in [0, 0.05) is 37.8 Å². The Morgan fingerprint density at radius 3 is 2.42 bits per heavy atom. The molecule has 0 aliphatic carbocycles. The van der Waals surface area contributed by atoms with Crippen LogP contribution >= 0.6 is 0 Å². The highest BCUT2D eigenvalue weighted by Gasteiger charge is 2.34. The number of nitrogens with zero attached hydrogens (tertiary/aromatic N) is 2. The fraction of sp³-hybridized carbons (Fsp3) is 0.480. The van der Waals surface area contributed by atoms with Crippen LogP contribution in [-0.2, 0) is 16.8 Å². The molecule has 2 aliphatic rings. The number of piperidine rings is 1. The number of aliphatic hydroxyl groups is 2. The van der Waals surface area contributed by atoms with Gasteiger partial charge in [-0.15, -0.1) is 0 Å². The number of benzene rings is 2. The number of hydrogen-bond acceptors (Lipinski definition) is 4. The summed E-state index contributed by atoms with van der Waals surface area (Å²) in [5, 5.41) is 21.8. The molecule has 2 aliphatic heterocycles. The molecule has 1 fully saturated rings. The molecule has 1 saturated heterocycles. The van der Waals surface area contributed by atoms with Gasteiger partial charge in [0.25, 0.3) is 0 Å². The molecule has 0 saturated carbocycles. The van der Waals surface area contributed by atoms with E-state index in [1.807, 2.05) is 36.9 Å². The third-order valence-electron chi connectivity index (χ3n) is 6.64. The number of β-amino-alcohol motifs (C(OH)–C–C–N with tert-alkyl or cyclic N) is 1. The molecule has 0 radical (unpaired) electrons. The number of rotatable bonds is 5. The molecule has 5 nitrogen and oxygen atoms in total. The van der Waals surface area contributed by atoms with Crippen LogP contribution in [0.5, 0.6) is 0 Å². The first-order valence-corrected chi connectivity index (χ1v) is 11.1. The number of amides is 1. The van der Waals surface area contributed by atoms with Gasteiger partial charge in [-0.25, -0.2) is 4.39 Å². The summed E-state index contributed by atoms with van der Waals surface area (Å²) in [6, 6.07) is 11.9. The lowest BCUT2D eigenvalue weighted by Crippen LogP contribution is -2.44. The van der Waals surface area contributed by atoms with Crippen LogP contribution in [0.3, 0.4) is 0 Å². The van der Waals surface area contributed by atoms with Gasteiger partial charge in [-0.05, 0) is 54.2 Å². The van der Waals surface area contributed by atoms with E-state index >= 15 is 0 Å². The SMILES string of the molecule is CC(C)C(=O)N1CCc2cc(C(O)CN3CCC(O)(c4ccc(F)cc4)CC3)ccc21. The van der Waals surface area contributed by atoms with E-state index in [1.165, 1.54) is 12.1 Å². The Morgan fingerprint density at radius 2 is 1.77 bits per heavy atom. The zero-order valence-electron chi connectivity index (χ0n) is 18.2. The predicted molar refractivity (Wildman–Crippen MR) is 118 cm³/mol. The summed E-state index contributed by atoms with van der Waals surface area (Å²) >= 11 is 0. The highest BCUT2D eigenvalue weighted by Crippen LogP contribution is 2.35. The Hall–Kier alpha value is -2.28. The molecular formula is C25H31FN2O3. The second kappa shape index (κ2) is 8.69. The zero-order chi connectivity index (χ0) is 22.2. The molecule has 2 aromatic rings. The lowest BCUT2D eigenvalue weighted by Gasteiger charge is -2.39. The minimum atomic E-state index is -0.949. The van der Waals surface area contributed by atoms with Crippen LogP contribution in [0.15, 0.2) is 42.5 Å². The molecule has 6 heteroatoms. The normalized spacial score (nSPS) is 19.5. The number of hydrogen-bond donors (Lipinski definition) is 2. The molecule has 0 aromatic heterocycles. The molecule has 1 atom stereocenters. The Bertz CT molecular complexity index is 936. The number of likely N-dealkylation sites (tertiary alicyclic amines) is 1. The van der Waals surface area contributed by atoms with Gasteiger partial charge in [0.05, 0.1) is 11.7 Å². The summed E-state index contributed by atoms with van der Waals surface area (Å²) in [4.78, 5) is 16.4. The van der Waals surface area contributed by atoms with E-state index in [-0.39, 0.29) is 17.6 Å². The van der Waals surface area contributed by atoms with Crippen molar-refractivity contribution in [2.75, 3.05) is 31.1 Å². The number of fused-ring (bicyclic) bond motifs is 1. The molecule has 1 unspecified atom stereocenters. The summed E-state index contributed by atoms with van der Waals surface area (Å²) in [5.74, 6) is -0.211. The van der Waals surface area contributed by atoms with Gasteiger partial charge >= 0.3 is 0 Å². The molecule has 0 bridgehead atoms. The number of carbonyl (C=O) groups excluding carboxylic acids is 1. The molecule has 4 rings (SSSR count). The Morgan fingerprint density at radius 1 is 1.10 bits per heavy atom. The highest BCUT2D eigenvalue weighted by atomic mass is 19.1. The van der Waals surface area contributed by atoms with E-state index in [9.17, 15) is 19.4 Å². The van der Waals surface area contributed by atoms with E-state index in [0.717, 1.165) is 28.8 Å². The summed E-state index contributed by atoms with van der Waals surface area (Å²) in [6.07, 6.45) is 1.27. The summed E-state index contributed by atoms with van der Waals surface area (Å²) in [5.41, 5.74) is 2.71. The van der Waals surface area contributed by atoms with Crippen molar-refractivity contribution in [2.45, 2.75) is 44.8 Å². The predicted octanol–water partition coefficient (Wildman–Crippen LogP) is 3.39. The second-order valence-corrected chi connectivity index (χ2v) is 9.14. The van der Waals surface area contributed by atoms with Crippen molar-refractivity contribution in [3.8, 4) is 0 Å². The lowest BCUT2D eigenvalue weighted by molar-refractivity contribution is -0.121.